The van der Waals surface area contributed by atoms with Crippen LogP contribution in [0.25, 0.3) is 0 Å². The number of methoxy groups -OCH3 is 1. The van der Waals surface area contributed by atoms with E-state index in [-0.39, 0.29) is 5.91 Å². The van der Waals surface area contributed by atoms with Gasteiger partial charge in [-0.15, -0.1) is 0 Å². The number of nitrogens with one attached hydrogen (secondary N) is 2. The third-order valence-electron chi connectivity index (χ3n) is 3.70. The molecule has 0 aliphatic carbocycles. The summed E-state index contributed by atoms with van der Waals surface area (Å²) < 4.78 is 6.90. The first-order valence-electron chi connectivity index (χ1n) is 8.18. The minimum atomic E-state index is -0.0567. The Kier molecular flexibility index (Phi) is 6.96. The molecular formula is C18H26N4O2. The van der Waals surface area contributed by atoms with Crippen molar-refractivity contribution in [3.63, 3.8) is 0 Å². The molecule has 0 unspecified atom stereocenters. The third-order valence-corrected chi connectivity index (χ3v) is 3.70. The lowest BCUT2D eigenvalue weighted by Gasteiger charge is -2.09. The quantitative estimate of drug-likeness (QED) is 0.684. The molecule has 1 heterocycles. The van der Waals surface area contributed by atoms with Crippen LogP contribution in [-0.2, 0) is 11.3 Å². The van der Waals surface area contributed by atoms with Gasteiger partial charge >= 0.3 is 0 Å². The van der Waals surface area contributed by atoms with Gasteiger partial charge in [0, 0.05) is 38.0 Å². The van der Waals surface area contributed by atoms with Gasteiger partial charge < -0.3 is 15.4 Å². The van der Waals surface area contributed by atoms with Crippen molar-refractivity contribution >= 4 is 5.91 Å². The molecule has 0 bridgehead atoms. The molecule has 24 heavy (non-hydrogen) atoms. The summed E-state index contributed by atoms with van der Waals surface area (Å²) in [5.74, 6) is -0.0567. The highest BCUT2D eigenvalue weighted by atomic mass is 16.5. The van der Waals surface area contributed by atoms with Crippen molar-refractivity contribution in [3.8, 4) is 0 Å². The molecule has 6 nitrogen and oxygen atoms in total. The average molecular weight is 330 g/mol. The standard InChI is InChI=1S/C18H26N4O2/c1-14-11-15(2)22(21-14)13-16-5-4-6-17(12-16)18(23)20-8-7-19-9-10-24-3/h4-6,11-12,19H,7-10,13H2,1-3H3,(H,20,23). The minimum Gasteiger partial charge on any atom is -0.383 e. The Morgan fingerprint density at radius 3 is 2.75 bits per heavy atom. The largest absolute Gasteiger partial charge is 0.383 e. The van der Waals surface area contributed by atoms with Gasteiger partial charge in [-0.05, 0) is 37.6 Å². The molecule has 2 N–H and O–H groups in total. The summed E-state index contributed by atoms with van der Waals surface area (Å²) in [6, 6.07) is 9.72. The Labute approximate surface area is 143 Å². The molecule has 1 aromatic heterocycles. The van der Waals surface area contributed by atoms with E-state index >= 15 is 0 Å². The predicted octanol–water partition coefficient (Wildman–Crippen LogP) is 1.51. The first-order chi connectivity index (χ1) is 11.6. The first kappa shape index (κ1) is 18.2. The molecule has 6 heteroatoms. The number of carbonyl (C=O) groups excluding carboxylic acids is 1. The molecule has 0 spiro atoms. The molecule has 0 saturated heterocycles. The zero-order valence-corrected chi connectivity index (χ0v) is 14.6. The van der Waals surface area contributed by atoms with Crippen molar-refractivity contribution in [2.24, 2.45) is 0 Å². The van der Waals surface area contributed by atoms with Gasteiger partial charge in [0.2, 0.25) is 0 Å². The Bertz CT molecular complexity index is 667. The second kappa shape index (κ2) is 9.20. The van der Waals surface area contributed by atoms with Crippen molar-refractivity contribution in [1.82, 2.24) is 20.4 Å². The summed E-state index contributed by atoms with van der Waals surface area (Å²) in [6.07, 6.45) is 0. The van der Waals surface area contributed by atoms with Crippen LogP contribution >= 0.6 is 0 Å². The fourth-order valence-corrected chi connectivity index (χ4v) is 2.48. The highest BCUT2D eigenvalue weighted by Gasteiger charge is 2.07. The Balaban J connectivity index is 1.87. The van der Waals surface area contributed by atoms with Gasteiger partial charge in [-0.2, -0.15) is 5.10 Å². The normalized spacial score (nSPS) is 10.8. The summed E-state index contributed by atoms with van der Waals surface area (Å²) in [4.78, 5) is 12.2. The topological polar surface area (TPSA) is 68.2 Å². The SMILES string of the molecule is COCCNCCNC(=O)c1cccc(Cn2nc(C)cc2C)c1. The van der Waals surface area contributed by atoms with E-state index in [2.05, 4.69) is 15.7 Å². The van der Waals surface area contributed by atoms with Crippen LogP contribution in [0.1, 0.15) is 27.3 Å². The summed E-state index contributed by atoms with van der Waals surface area (Å²) in [7, 11) is 1.67. The van der Waals surface area contributed by atoms with E-state index < -0.39 is 0 Å². The van der Waals surface area contributed by atoms with Gasteiger partial charge in [0.1, 0.15) is 0 Å². The van der Waals surface area contributed by atoms with Crippen LogP contribution in [0.2, 0.25) is 0 Å². The number of hydrogen-bond acceptors (Lipinski definition) is 4. The number of rotatable bonds is 9. The zero-order chi connectivity index (χ0) is 17.4. The van der Waals surface area contributed by atoms with Crippen molar-refractivity contribution in [2.45, 2.75) is 20.4 Å². The molecule has 130 valence electrons. The smallest absolute Gasteiger partial charge is 0.251 e. The van der Waals surface area contributed by atoms with Gasteiger partial charge in [0.05, 0.1) is 18.8 Å². The van der Waals surface area contributed by atoms with Gasteiger partial charge in [-0.1, -0.05) is 12.1 Å². The lowest BCUT2D eigenvalue weighted by molar-refractivity contribution is 0.0953. The maximum absolute atomic E-state index is 12.2. The van der Waals surface area contributed by atoms with Crippen molar-refractivity contribution < 1.29 is 9.53 Å². The third kappa shape index (κ3) is 5.47. The zero-order valence-electron chi connectivity index (χ0n) is 14.6. The maximum Gasteiger partial charge on any atom is 0.251 e. The van der Waals surface area contributed by atoms with Gasteiger partial charge in [0.15, 0.2) is 0 Å². The van der Waals surface area contributed by atoms with Crippen LogP contribution in [0.5, 0.6) is 0 Å². The van der Waals surface area contributed by atoms with E-state index in [4.69, 9.17) is 4.74 Å². The molecular weight excluding hydrogens is 304 g/mol. The molecule has 2 aromatic rings. The van der Waals surface area contributed by atoms with Crippen molar-refractivity contribution in [1.29, 1.82) is 0 Å². The molecule has 1 amide bonds. The maximum atomic E-state index is 12.2. The van der Waals surface area contributed by atoms with E-state index in [0.29, 0.717) is 25.3 Å². The van der Waals surface area contributed by atoms with E-state index in [0.717, 1.165) is 30.0 Å². The Morgan fingerprint density at radius 1 is 1.21 bits per heavy atom. The number of nitrogens with zero attached hydrogens (tertiary/aromatic N) is 2. The predicted molar refractivity (Wildman–Crippen MR) is 94.3 cm³/mol. The van der Waals surface area contributed by atoms with Gasteiger partial charge in [-0.3, -0.25) is 9.48 Å². The molecule has 1 aromatic carbocycles. The van der Waals surface area contributed by atoms with Crippen LogP contribution in [-0.4, -0.2) is 49.0 Å². The lowest BCUT2D eigenvalue weighted by atomic mass is 10.1. The number of aromatic nitrogens is 2. The van der Waals surface area contributed by atoms with E-state index in [1.165, 1.54) is 0 Å². The van der Waals surface area contributed by atoms with Gasteiger partial charge in [0.25, 0.3) is 5.91 Å². The second-order valence-electron chi connectivity index (χ2n) is 5.78. The number of aryl methyl sites for hydroxylation is 2. The average Bonchev–Trinajstić information content (AvgIpc) is 2.88. The Morgan fingerprint density at radius 2 is 2.04 bits per heavy atom. The van der Waals surface area contributed by atoms with Crippen molar-refractivity contribution in [2.75, 3.05) is 33.4 Å². The van der Waals surface area contributed by atoms with Crippen LogP contribution in [0.15, 0.2) is 30.3 Å². The minimum absolute atomic E-state index is 0.0567. The lowest BCUT2D eigenvalue weighted by Crippen LogP contribution is -2.33. The number of ether oxygens (including phenoxy) is 1. The monoisotopic (exact) mass is 330 g/mol. The molecule has 0 radical (unpaired) electrons. The number of amides is 1. The fourth-order valence-electron chi connectivity index (χ4n) is 2.48. The van der Waals surface area contributed by atoms with Crippen molar-refractivity contribution in [3.05, 3.63) is 52.8 Å². The second-order valence-corrected chi connectivity index (χ2v) is 5.78. The summed E-state index contributed by atoms with van der Waals surface area (Å²) >= 11 is 0. The number of hydrogen-bond donors (Lipinski definition) is 2. The summed E-state index contributed by atoms with van der Waals surface area (Å²) in [5, 5.41) is 10.6. The summed E-state index contributed by atoms with van der Waals surface area (Å²) in [5.41, 5.74) is 3.85. The summed E-state index contributed by atoms with van der Waals surface area (Å²) in [6.45, 7) is 7.44. The highest BCUT2D eigenvalue weighted by molar-refractivity contribution is 5.94. The molecule has 0 saturated carbocycles. The van der Waals surface area contributed by atoms with E-state index in [1.54, 1.807) is 7.11 Å². The fraction of sp³-hybridized carbons (Fsp3) is 0.444. The molecule has 2 rings (SSSR count). The molecule has 0 aliphatic rings. The highest BCUT2D eigenvalue weighted by Crippen LogP contribution is 2.10. The van der Waals surface area contributed by atoms with Crippen LogP contribution < -0.4 is 10.6 Å². The molecule has 0 fully saturated rings. The van der Waals surface area contributed by atoms with Crippen LogP contribution in [0.3, 0.4) is 0 Å². The Hall–Kier alpha value is -2.18. The molecule has 0 atom stereocenters. The van der Waals surface area contributed by atoms with E-state index in [9.17, 15) is 4.79 Å². The number of benzene rings is 1. The molecule has 0 aliphatic heterocycles. The first-order valence-corrected chi connectivity index (χ1v) is 8.18. The number of carbonyl (C=O) groups is 1. The van der Waals surface area contributed by atoms with Crippen LogP contribution in [0.4, 0.5) is 0 Å². The van der Waals surface area contributed by atoms with Crippen LogP contribution in [0, 0.1) is 13.8 Å². The van der Waals surface area contributed by atoms with E-state index in [1.807, 2.05) is 48.9 Å². The van der Waals surface area contributed by atoms with Gasteiger partial charge in [-0.25, -0.2) is 0 Å².